The first-order valence-corrected chi connectivity index (χ1v) is 14.6. The summed E-state index contributed by atoms with van der Waals surface area (Å²) in [6.45, 7) is 4.38. The van der Waals surface area contributed by atoms with Crippen LogP contribution in [-0.4, -0.2) is 80.3 Å². The minimum Gasteiger partial charge on any atom is -0.492 e. The van der Waals surface area contributed by atoms with E-state index >= 15 is 0 Å². The molecule has 0 atom stereocenters. The van der Waals surface area contributed by atoms with Crippen LogP contribution >= 0.6 is 0 Å². The molecule has 7 rings (SSSR count). The van der Waals surface area contributed by atoms with Crippen LogP contribution in [0.5, 0.6) is 5.75 Å². The molecule has 0 bridgehead atoms. The molecule has 218 valence electrons. The van der Waals surface area contributed by atoms with Crippen LogP contribution in [0.25, 0.3) is 55.7 Å². The minimum atomic E-state index is -0.338. The average Bonchev–Trinajstić information content (AvgIpc) is 3.76. The quantitative estimate of drug-likeness (QED) is 0.221. The summed E-state index contributed by atoms with van der Waals surface area (Å²) in [5.74, 6) is 0.186. The molecule has 9 nitrogen and oxygen atoms in total. The Bertz CT molecular complexity index is 1910. The van der Waals surface area contributed by atoms with Gasteiger partial charge in [-0.15, -0.1) is 0 Å². The van der Waals surface area contributed by atoms with Gasteiger partial charge in [-0.3, -0.25) is 15.0 Å². The van der Waals surface area contributed by atoms with Crippen LogP contribution in [-0.2, 0) is 6.54 Å². The second-order valence-corrected chi connectivity index (χ2v) is 11.4. The van der Waals surface area contributed by atoms with Gasteiger partial charge in [-0.25, -0.2) is 14.4 Å². The molecule has 6 heterocycles. The lowest BCUT2D eigenvalue weighted by molar-refractivity contribution is 0.237. The van der Waals surface area contributed by atoms with Crippen LogP contribution in [0, 0.1) is 5.82 Å². The largest absolute Gasteiger partial charge is 0.492 e. The fraction of sp³-hybridized carbons (Fsp3) is 0.273. The lowest BCUT2D eigenvalue weighted by Crippen LogP contribution is -2.25. The molecule has 0 aliphatic carbocycles. The first-order valence-electron chi connectivity index (χ1n) is 14.6. The standard InChI is InChI=1S/C33H33FN8O/c1-41(2)20-21-11-23(18-35-17-21)24-14-29-31(39-40-33(29)37-19-24)30-16-28-27(5-6-36-32(28)38-30)22-12-25(34)15-26(13-22)43-10-9-42-7-3-4-8-42/h5-6,11-19H,3-4,7-10,20H2,1-2H3,(H,36,38)(H,37,39,40). The van der Waals surface area contributed by atoms with Gasteiger partial charge in [0, 0.05) is 65.8 Å². The number of aromatic amines is 2. The van der Waals surface area contributed by atoms with Gasteiger partial charge in [0.1, 0.15) is 29.5 Å². The van der Waals surface area contributed by atoms with Crippen molar-refractivity contribution >= 4 is 22.1 Å². The van der Waals surface area contributed by atoms with Crippen molar-refractivity contribution in [2.45, 2.75) is 19.4 Å². The summed E-state index contributed by atoms with van der Waals surface area (Å²) in [5, 5.41) is 9.40. The van der Waals surface area contributed by atoms with E-state index in [0.717, 1.165) is 76.2 Å². The Kier molecular flexibility index (Phi) is 7.30. The Morgan fingerprint density at radius 3 is 2.63 bits per heavy atom. The maximum absolute atomic E-state index is 14.8. The van der Waals surface area contributed by atoms with Crippen molar-refractivity contribution in [3.8, 4) is 39.4 Å². The Morgan fingerprint density at radius 2 is 1.77 bits per heavy atom. The second-order valence-electron chi connectivity index (χ2n) is 11.4. The van der Waals surface area contributed by atoms with Crippen molar-refractivity contribution in [3.05, 3.63) is 78.6 Å². The number of halogens is 1. The van der Waals surface area contributed by atoms with E-state index in [1.807, 2.05) is 50.9 Å². The smallest absolute Gasteiger partial charge is 0.155 e. The molecule has 1 aliphatic rings. The number of H-pyrrole nitrogens is 2. The number of fused-ring (bicyclic) bond motifs is 2. The van der Waals surface area contributed by atoms with E-state index in [2.05, 4.69) is 52.1 Å². The molecule has 0 unspecified atom stereocenters. The number of pyridine rings is 3. The van der Waals surface area contributed by atoms with E-state index in [-0.39, 0.29) is 5.82 Å². The molecule has 5 aromatic heterocycles. The highest BCUT2D eigenvalue weighted by atomic mass is 19.1. The number of rotatable bonds is 9. The summed E-state index contributed by atoms with van der Waals surface area (Å²) in [4.78, 5) is 21.6. The zero-order chi connectivity index (χ0) is 29.3. The summed E-state index contributed by atoms with van der Waals surface area (Å²) < 4.78 is 20.7. The molecule has 1 fully saturated rings. The SMILES string of the molecule is CN(C)Cc1cncc(-c2cnc3[nH]nc(-c4cc5c(-c6cc(F)cc(OCCN7CCCC7)c6)ccnc5[nH]4)c3c2)c1. The number of ether oxygens (including phenoxy) is 1. The third-order valence-corrected chi connectivity index (χ3v) is 7.89. The number of aromatic nitrogens is 6. The summed E-state index contributed by atoms with van der Waals surface area (Å²) in [6.07, 6.45) is 9.76. The number of benzene rings is 1. The van der Waals surface area contributed by atoms with Crippen molar-refractivity contribution in [2.75, 3.05) is 40.3 Å². The summed E-state index contributed by atoms with van der Waals surface area (Å²) in [7, 11) is 4.08. The van der Waals surface area contributed by atoms with Crippen molar-refractivity contribution in [3.63, 3.8) is 0 Å². The van der Waals surface area contributed by atoms with Gasteiger partial charge >= 0.3 is 0 Å². The first kappa shape index (κ1) is 27.2. The Labute approximate surface area is 248 Å². The average molecular weight is 577 g/mol. The number of likely N-dealkylation sites (tertiary alicyclic amines) is 1. The Hall–Kier alpha value is -4.67. The lowest BCUT2D eigenvalue weighted by atomic mass is 10.0. The van der Waals surface area contributed by atoms with Crippen LogP contribution in [0.2, 0.25) is 0 Å². The second kappa shape index (κ2) is 11.5. The van der Waals surface area contributed by atoms with Crippen LogP contribution in [0.3, 0.4) is 0 Å². The molecule has 1 saturated heterocycles. The van der Waals surface area contributed by atoms with Crippen LogP contribution in [0.15, 0.2) is 67.3 Å². The number of nitrogens with zero attached hydrogens (tertiary/aromatic N) is 6. The summed E-state index contributed by atoms with van der Waals surface area (Å²) in [5.41, 5.74) is 7.56. The van der Waals surface area contributed by atoms with Gasteiger partial charge in [-0.1, -0.05) is 0 Å². The molecule has 2 N–H and O–H groups in total. The van der Waals surface area contributed by atoms with Gasteiger partial charge in [0.2, 0.25) is 0 Å². The summed E-state index contributed by atoms with van der Waals surface area (Å²) in [6, 6.07) is 13.0. The molecule has 1 aliphatic heterocycles. The molecular formula is C33H33FN8O. The van der Waals surface area contributed by atoms with E-state index in [4.69, 9.17) is 4.74 Å². The number of nitrogens with one attached hydrogen (secondary N) is 2. The molecule has 1 aromatic carbocycles. The molecule has 10 heteroatoms. The minimum absolute atomic E-state index is 0.338. The first-order chi connectivity index (χ1) is 21.0. The van der Waals surface area contributed by atoms with Gasteiger partial charge < -0.3 is 14.6 Å². The topological polar surface area (TPSA) is 98.8 Å². The molecular weight excluding hydrogens is 543 g/mol. The van der Waals surface area contributed by atoms with Crippen molar-refractivity contribution in [1.82, 2.24) is 39.9 Å². The van der Waals surface area contributed by atoms with Crippen LogP contribution < -0.4 is 4.74 Å². The highest BCUT2D eigenvalue weighted by Crippen LogP contribution is 2.35. The normalized spacial score (nSPS) is 14.0. The lowest BCUT2D eigenvalue weighted by Gasteiger charge is -2.15. The van der Waals surface area contributed by atoms with Gasteiger partial charge in [-0.05, 0) is 93.1 Å². The van der Waals surface area contributed by atoms with Gasteiger partial charge in [0.15, 0.2) is 5.65 Å². The zero-order valence-corrected chi connectivity index (χ0v) is 24.3. The van der Waals surface area contributed by atoms with Crippen molar-refractivity contribution in [1.29, 1.82) is 0 Å². The van der Waals surface area contributed by atoms with Crippen LogP contribution in [0.1, 0.15) is 18.4 Å². The molecule has 0 saturated carbocycles. The molecule has 43 heavy (non-hydrogen) atoms. The van der Waals surface area contributed by atoms with Gasteiger partial charge in [-0.2, -0.15) is 5.10 Å². The summed E-state index contributed by atoms with van der Waals surface area (Å²) >= 11 is 0. The number of hydrogen-bond acceptors (Lipinski definition) is 7. The maximum Gasteiger partial charge on any atom is 0.155 e. The monoisotopic (exact) mass is 576 g/mol. The fourth-order valence-electron chi connectivity index (χ4n) is 5.87. The predicted octanol–water partition coefficient (Wildman–Crippen LogP) is 5.91. The molecule has 0 amide bonds. The predicted molar refractivity (Wildman–Crippen MR) is 166 cm³/mol. The Balaban J connectivity index is 1.21. The van der Waals surface area contributed by atoms with Crippen molar-refractivity contribution in [2.24, 2.45) is 0 Å². The number of hydrogen-bond donors (Lipinski definition) is 2. The van der Waals surface area contributed by atoms with E-state index in [0.29, 0.717) is 23.7 Å². The van der Waals surface area contributed by atoms with E-state index < -0.39 is 0 Å². The van der Waals surface area contributed by atoms with E-state index in [9.17, 15) is 4.39 Å². The highest BCUT2D eigenvalue weighted by molar-refractivity contribution is 5.99. The fourth-order valence-corrected chi connectivity index (χ4v) is 5.87. The van der Waals surface area contributed by atoms with Gasteiger partial charge in [0.05, 0.1) is 5.69 Å². The highest BCUT2D eigenvalue weighted by Gasteiger charge is 2.17. The van der Waals surface area contributed by atoms with Gasteiger partial charge in [0.25, 0.3) is 0 Å². The Morgan fingerprint density at radius 1 is 0.907 bits per heavy atom. The van der Waals surface area contributed by atoms with Crippen molar-refractivity contribution < 1.29 is 9.13 Å². The molecule has 0 radical (unpaired) electrons. The third-order valence-electron chi connectivity index (χ3n) is 7.89. The third kappa shape index (κ3) is 5.71. The maximum atomic E-state index is 14.8. The van der Waals surface area contributed by atoms with E-state index in [1.165, 1.54) is 25.0 Å². The van der Waals surface area contributed by atoms with E-state index in [1.54, 1.807) is 6.20 Å². The zero-order valence-electron chi connectivity index (χ0n) is 24.3. The van der Waals surface area contributed by atoms with Crippen LogP contribution in [0.4, 0.5) is 4.39 Å². The molecule has 6 aromatic rings. The molecule has 0 spiro atoms.